The molecule has 9 heteroatoms. The SMILES string of the molecule is COc1cccc(-c2cc(C(=O)N3CCN(C(=O)c4cnn5ccccc45)CC3)[nH]n2)c1. The molecule has 32 heavy (non-hydrogen) atoms. The molecule has 1 saturated heterocycles. The predicted octanol–water partition coefficient (Wildman–Crippen LogP) is 2.33. The van der Waals surface area contributed by atoms with Gasteiger partial charge in [-0.2, -0.15) is 10.2 Å². The molecule has 162 valence electrons. The molecule has 4 heterocycles. The van der Waals surface area contributed by atoms with Crippen molar-refractivity contribution in [3.63, 3.8) is 0 Å². The average molecular weight is 430 g/mol. The number of rotatable bonds is 4. The largest absolute Gasteiger partial charge is 0.497 e. The number of nitrogens with zero attached hydrogens (tertiary/aromatic N) is 5. The highest BCUT2D eigenvalue weighted by Gasteiger charge is 2.27. The van der Waals surface area contributed by atoms with Gasteiger partial charge in [0.1, 0.15) is 11.4 Å². The number of methoxy groups -OCH3 is 1. The molecular weight excluding hydrogens is 408 g/mol. The van der Waals surface area contributed by atoms with Crippen molar-refractivity contribution >= 4 is 17.3 Å². The molecule has 1 N–H and O–H groups in total. The first kappa shape index (κ1) is 19.8. The Balaban J connectivity index is 1.25. The van der Waals surface area contributed by atoms with Gasteiger partial charge < -0.3 is 14.5 Å². The monoisotopic (exact) mass is 430 g/mol. The smallest absolute Gasteiger partial charge is 0.272 e. The molecule has 0 unspecified atom stereocenters. The number of pyridine rings is 1. The Bertz CT molecular complexity index is 1290. The zero-order valence-corrected chi connectivity index (χ0v) is 17.6. The van der Waals surface area contributed by atoms with Gasteiger partial charge in [-0.3, -0.25) is 14.7 Å². The van der Waals surface area contributed by atoms with E-state index in [0.29, 0.717) is 43.1 Å². The molecule has 0 aliphatic carbocycles. The summed E-state index contributed by atoms with van der Waals surface area (Å²) >= 11 is 0. The van der Waals surface area contributed by atoms with Gasteiger partial charge in [0.25, 0.3) is 11.8 Å². The van der Waals surface area contributed by atoms with Crippen LogP contribution in [0.15, 0.2) is 60.9 Å². The van der Waals surface area contributed by atoms with Crippen LogP contribution in [0, 0.1) is 0 Å². The van der Waals surface area contributed by atoms with Crippen molar-refractivity contribution in [2.75, 3.05) is 33.3 Å². The van der Waals surface area contributed by atoms with E-state index in [4.69, 9.17) is 4.74 Å². The van der Waals surface area contributed by atoms with Gasteiger partial charge in [0.15, 0.2) is 0 Å². The first-order valence-corrected chi connectivity index (χ1v) is 10.3. The van der Waals surface area contributed by atoms with Crippen molar-refractivity contribution in [1.29, 1.82) is 0 Å². The molecular formula is C23H22N6O3. The van der Waals surface area contributed by atoms with Crippen LogP contribution in [-0.4, -0.2) is 74.7 Å². The second-order valence-corrected chi connectivity index (χ2v) is 7.57. The lowest BCUT2D eigenvalue weighted by molar-refractivity contribution is 0.0533. The number of hydrogen-bond donors (Lipinski definition) is 1. The number of hydrogen-bond acceptors (Lipinski definition) is 5. The molecule has 1 fully saturated rings. The van der Waals surface area contributed by atoms with Crippen LogP contribution in [0.1, 0.15) is 20.8 Å². The highest BCUT2D eigenvalue weighted by molar-refractivity contribution is 6.01. The zero-order valence-electron chi connectivity index (χ0n) is 17.6. The molecule has 1 aromatic carbocycles. The van der Waals surface area contributed by atoms with Crippen LogP contribution in [0.2, 0.25) is 0 Å². The second kappa shape index (κ2) is 8.18. The van der Waals surface area contributed by atoms with Gasteiger partial charge in [0.2, 0.25) is 0 Å². The number of ether oxygens (including phenoxy) is 1. The van der Waals surface area contributed by atoms with E-state index < -0.39 is 0 Å². The molecule has 4 aromatic rings. The molecule has 1 aliphatic heterocycles. The Morgan fingerprint density at radius 2 is 1.75 bits per heavy atom. The number of benzene rings is 1. The number of amides is 2. The normalized spacial score (nSPS) is 14.0. The highest BCUT2D eigenvalue weighted by atomic mass is 16.5. The number of aromatic amines is 1. The van der Waals surface area contributed by atoms with Crippen molar-refractivity contribution in [2.45, 2.75) is 0 Å². The van der Waals surface area contributed by atoms with Crippen LogP contribution < -0.4 is 4.74 Å². The number of piperazine rings is 1. The van der Waals surface area contributed by atoms with Gasteiger partial charge in [0.05, 0.1) is 30.1 Å². The summed E-state index contributed by atoms with van der Waals surface area (Å²) in [5.41, 5.74) is 3.31. The molecule has 2 amide bonds. The van der Waals surface area contributed by atoms with E-state index in [1.165, 1.54) is 0 Å². The quantitative estimate of drug-likeness (QED) is 0.536. The maximum absolute atomic E-state index is 13.0. The van der Waals surface area contributed by atoms with Crippen molar-refractivity contribution in [3.8, 4) is 17.0 Å². The van der Waals surface area contributed by atoms with E-state index in [9.17, 15) is 9.59 Å². The number of H-pyrrole nitrogens is 1. The summed E-state index contributed by atoms with van der Waals surface area (Å²) in [7, 11) is 1.61. The highest BCUT2D eigenvalue weighted by Crippen LogP contribution is 2.23. The minimum atomic E-state index is -0.130. The Morgan fingerprint density at radius 3 is 2.53 bits per heavy atom. The standard InChI is InChI=1S/C23H22N6O3/c1-32-17-6-4-5-16(13-17)19-14-20(26-25-19)23(31)28-11-9-27(10-12-28)22(30)18-15-24-29-8-3-2-7-21(18)29/h2-8,13-15H,9-12H2,1H3,(H,25,26). The summed E-state index contributed by atoms with van der Waals surface area (Å²) in [5.74, 6) is 0.528. The van der Waals surface area contributed by atoms with Crippen LogP contribution in [0.5, 0.6) is 5.75 Å². The van der Waals surface area contributed by atoms with E-state index in [1.54, 1.807) is 33.7 Å². The molecule has 0 radical (unpaired) electrons. The van der Waals surface area contributed by atoms with Crippen molar-refractivity contribution in [3.05, 3.63) is 72.2 Å². The second-order valence-electron chi connectivity index (χ2n) is 7.57. The van der Waals surface area contributed by atoms with Crippen LogP contribution >= 0.6 is 0 Å². The van der Waals surface area contributed by atoms with E-state index in [1.807, 2.05) is 48.7 Å². The average Bonchev–Trinajstić information content (AvgIpc) is 3.51. The molecule has 1 aliphatic rings. The van der Waals surface area contributed by atoms with Crippen LogP contribution in [-0.2, 0) is 0 Å². The summed E-state index contributed by atoms with van der Waals surface area (Å²) in [6.45, 7) is 1.84. The van der Waals surface area contributed by atoms with Crippen LogP contribution in [0.4, 0.5) is 0 Å². The topological polar surface area (TPSA) is 95.8 Å². The third kappa shape index (κ3) is 3.58. The fraction of sp³-hybridized carbons (Fsp3) is 0.217. The number of nitrogens with one attached hydrogen (secondary N) is 1. The lowest BCUT2D eigenvalue weighted by atomic mass is 10.1. The first-order chi connectivity index (χ1) is 15.6. The molecule has 0 spiro atoms. The first-order valence-electron chi connectivity index (χ1n) is 10.3. The van der Waals surface area contributed by atoms with Gasteiger partial charge >= 0.3 is 0 Å². The maximum Gasteiger partial charge on any atom is 0.272 e. The molecule has 0 atom stereocenters. The summed E-state index contributed by atoms with van der Waals surface area (Å²) in [6.07, 6.45) is 3.41. The van der Waals surface area contributed by atoms with Crippen molar-refractivity contribution in [2.24, 2.45) is 0 Å². The van der Waals surface area contributed by atoms with Gasteiger partial charge in [-0.05, 0) is 30.3 Å². The van der Waals surface area contributed by atoms with Gasteiger partial charge in [-0.15, -0.1) is 0 Å². The summed E-state index contributed by atoms with van der Waals surface area (Å²) < 4.78 is 6.94. The lowest BCUT2D eigenvalue weighted by Gasteiger charge is -2.34. The molecule has 3 aromatic heterocycles. The number of carbonyl (C=O) groups is 2. The third-order valence-corrected chi connectivity index (χ3v) is 5.68. The number of carbonyl (C=O) groups excluding carboxylic acids is 2. The third-order valence-electron chi connectivity index (χ3n) is 5.68. The van der Waals surface area contributed by atoms with E-state index in [2.05, 4.69) is 15.3 Å². The Labute approximate surface area is 184 Å². The van der Waals surface area contributed by atoms with Crippen molar-refractivity contribution < 1.29 is 14.3 Å². The summed E-state index contributed by atoms with van der Waals surface area (Å²) in [5, 5.41) is 11.4. The Kier molecular flexibility index (Phi) is 5.06. The summed E-state index contributed by atoms with van der Waals surface area (Å²) in [4.78, 5) is 29.4. The van der Waals surface area contributed by atoms with Gasteiger partial charge in [-0.25, -0.2) is 4.52 Å². The zero-order chi connectivity index (χ0) is 22.1. The molecule has 5 rings (SSSR count). The summed E-state index contributed by atoms with van der Waals surface area (Å²) in [6, 6.07) is 14.9. The predicted molar refractivity (Wildman–Crippen MR) is 118 cm³/mol. The number of aromatic nitrogens is 4. The molecule has 0 saturated carbocycles. The van der Waals surface area contributed by atoms with Gasteiger partial charge in [-0.1, -0.05) is 18.2 Å². The Hall–Kier alpha value is -4.14. The van der Waals surface area contributed by atoms with E-state index in [-0.39, 0.29) is 11.8 Å². The fourth-order valence-corrected chi connectivity index (χ4v) is 3.91. The lowest BCUT2D eigenvalue weighted by Crippen LogP contribution is -2.50. The van der Waals surface area contributed by atoms with Crippen LogP contribution in [0.25, 0.3) is 16.8 Å². The van der Waals surface area contributed by atoms with Gasteiger partial charge in [0, 0.05) is 37.9 Å². The number of fused-ring (bicyclic) bond motifs is 1. The van der Waals surface area contributed by atoms with Crippen molar-refractivity contribution in [1.82, 2.24) is 29.6 Å². The minimum Gasteiger partial charge on any atom is -0.497 e. The minimum absolute atomic E-state index is 0.0693. The van der Waals surface area contributed by atoms with Crippen LogP contribution in [0.3, 0.4) is 0 Å². The fourth-order valence-electron chi connectivity index (χ4n) is 3.91. The molecule has 9 nitrogen and oxygen atoms in total. The molecule has 0 bridgehead atoms. The Morgan fingerprint density at radius 1 is 0.969 bits per heavy atom. The van der Waals surface area contributed by atoms with E-state index in [0.717, 1.165) is 16.8 Å². The van der Waals surface area contributed by atoms with E-state index >= 15 is 0 Å². The maximum atomic E-state index is 13.0.